The summed E-state index contributed by atoms with van der Waals surface area (Å²) in [4.78, 5) is 13.7. The van der Waals surface area contributed by atoms with Gasteiger partial charge in [0.25, 0.3) is 0 Å². The molecule has 0 bridgehead atoms. The van der Waals surface area contributed by atoms with Gasteiger partial charge in [0.2, 0.25) is 5.91 Å². The first-order chi connectivity index (χ1) is 7.49. The van der Waals surface area contributed by atoms with E-state index in [4.69, 9.17) is 4.74 Å². The van der Waals surface area contributed by atoms with Gasteiger partial charge in [-0.3, -0.25) is 4.79 Å². The Kier molecular flexibility index (Phi) is 5.62. The Labute approximate surface area is 103 Å². The van der Waals surface area contributed by atoms with Crippen molar-refractivity contribution in [3.63, 3.8) is 0 Å². The molecule has 1 aliphatic rings. The molecule has 0 N–H and O–H groups in total. The number of hydrogen-bond donors (Lipinski definition) is 0. The average molecular weight is 245 g/mol. The van der Waals surface area contributed by atoms with Crippen LogP contribution in [0.3, 0.4) is 0 Å². The van der Waals surface area contributed by atoms with Gasteiger partial charge in [0.1, 0.15) is 0 Å². The first-order valence-electron chi connectivity index (χ1n) is 5.92. The summed E-state index contributed by atoms with van der Waals surface area (Å²) in [5.41, 5.74) is 0.370. The summed E-state index contributed by atoms with van der Waals surface area (Å²) in [5.74, 6) is 1.96. The molecule has 1 amide bonds. The molecular formula is C12H23NO2S. The van der Waals surface area contributed by atoms with Gasteiger partial charge in [0, 0.05) is 13.1 Å². The number of hydrogen-bond acceptors (Lipinski definition) is 3. The topological polar surface area (TPSA) is 29.5 Å². The van der Waals surface area contributed by atoms with Gasteiger partial charge < -0.3 is 9.64 Å². The quantitative estimate of drug-likeness (QED) is 0.710. The number of thioether (sulfide) groups is 1. The molecule has 1 heterocycles. The second kappa shape index (κ2) is 6.50. The highest BCUT2D eigenvalue weighted by Crippen LogP contribution is 2.21. The highest BCUT2D eigenvalue weighted by atomic mass is 32.2. The summed E-state index contributed by atoms with van der Waals surface area (Å²) in [6, 6.07) is 0. The highest BCUT2D eigenvalue weighted by Gasteiger charge is 2.17. The normalized spacial score (nSPS) is 17.6. The summed E-state index contributed by atoms with van der Waals surface area (Å²) < 4.78 is 5.22. The van der Waals surface area contributed by atoms with E-state index in [1.165, 1.54) is 0 Å². The lowest BCUT2D eigenvalue weighted by Crippen LogP contribution is -2.41. The van der Waals surface area contributed by atoms with Crippen LogP contribution in [0.1, 0.15) is 27.2 Å². The molecule has 4 heteroatoms. The minimum atomic E-state index is 0.266. The Balaban J connectivity index is 2.10. The fourth-order valence-electron chi connectivity index (χ4n) is 1.44. The van der Waals surface area contributed by atoms with Crippen molar-refractivity contribution in [2.24, 2.45) is 5.41 Å². The van der Waals surface area contributed by atoms with Gasteiger partial charge in [0.15, 0.2) is 0 Å². The van der Waals surface area contributed by atoms with Crippen LogP contribution in [0.15, 0.2) is 0 Å². The molecule has 1 rings (SSSR count). The van der Waals surface area contributed by atoms with E-state index in [1.54, 1.807) is 11.8 Å². The minimum Gasteiger partial charge on any atom is -0.378 e. The monoisotopic (exact) mass is 245 g/mol. The number of rotatable bonds is 4. The largest absolute Gasteiger partial charge is 0.378 e. The molecule has 1 aliphatic heterocycles. The van der Waals surface area contributed by atoms with Gasteiger partial charge in [-0.1, -0.05) is 20.8 Å². The lowest BCUT2D eigenvalue weighted by Gasteiger charge is -2.26. The van der Waals surface area contributed by atoms with Gasteiger partial charge in [-0.25, -0.2) is 0 Å². The van der Waals surface area contributed by atoms with Crippen LogP contribution < -0.4 is 0 Å². The minimum absolute atomic E-state index is 0.266. The Hall–Kier alpha value is -0.220. The van der Waals surface area contributed by atoms with Crippen LogP contribution in [0.25, 0.3) is 0 Å². The van der Waals surface area contributed by atoms with E-state index in [-0.39, 0.29) is 5.91 Å². The van der Waals surface area contributed by atoms with Crippen LogP contribution in [-0.4, -0.2) is 48.6 Å². The van der Waals surface area contributed by atoms with Crippen molar-refractivity contribution in [3.05, 3.63) is 0 Å². The Bertz CT molecular complexity index is 220. The highest BCUT2D eigenvalue weighted by molar-refractivity contribution is 7.99. The SMILES string of the molecule is CC(C)(C)CCSCC(=O)N1CCOCC1. The number of carbonyl (C=O) groups excluding carboxylic acids is 1. The smallest absolute Gasteiger partial charge is 0.232 e. The third-order valence-corrected chi connectivity index (χ3v) is 3.53. The summed E-state index contributed by atoms with van der Waals surface area (Å²) in [5, 5.41) is 0. The Morgan fingerprint density at radius 3 is 2.50 bits per heavy atom. The first kappa shape index (κ1) is 13.8. The zero-order valence-corrected chi connectivity index (χ0v) is 11.4. The number of nitrogens with zero attached hydrogens (tertiary/aromatic N) is 1. The lowest BCUT2D eigenvalue weighted by atomic mass is 9.94. The summed E-state index contributed by atoms with van der Waals surface area (Å²) in [6.07, 6.45) is 1.16. The van der Waals surface area contributed by atoms with Crippen LogP contribution in [0, 0.1) is 5.41 Å². The molecule has 0 aromatic carbocycles. The van der Waals surface area contributed by atoms with E-state index in [0.717, 1.165) is 25.3 Å². The van der Waals surface area contributed by atoms with Gasteiger partial charge >= 0.3 is 0 Å². The Morgan fingerprint density at radius 1 is 1.31 bits per heavy atom. The maximum absolute atomic E-state index is 11.8. The van der Waals surface area contributed by atoms with Crippen molar-refractivity contribution >= 4 is 17.7 Å². The van der Waals surface area contributed by atoms with E-state index in [0.29, 0.717) is 24.4 Å². The molecule has 1 fully saturated rings. The van der Waals surface area contributed by atoms with Crippen LogP contribution in [0.5, 0.6) is 0 Å². The lowest BCUT2D eigenvalue weighted by molar-refractivity contribution is -0.132. The Morgan fingerprint density at radius 2 is 1.94 bits per heavy atom. The molecule has 0 aliphatic carbocycles. The third-order valence-electron chi connectivity index (χ3n) is 2.59. The predicted molar refractivity (Wildman–Crippen MR) is 68.8 cm³/mol. The summed E-state index contributed by atoms with van der Waals surface area (Å²) in [6.45, 7) is 9.61. The van der Waals surface area contributed by atoms with Crippen molar-refractivity contribution in [1.29, 1.82) is 0 Å². The predicted octanol–water partition coefficient (Wildman–Crippen LogP) is 2.01. The van der Waals surface area contributed by atoms with Gasteiger partial charge in [-0.05, 0) is 17.6 Å². The zero-order valence-electron chi connectivity index (χ0n) is 10.6. The molecule has 3 nitrogen and oxygen atoms in total. The summed E-state index contributed by atoms with van der Waals surface area (Å²) >= 11 is 1.75. The van der Waals surface area contributed by atoms with E-state index < -0.39 is 0 Å². The van der Waals surface area contributed by atoms with E-state index >= 15 is 0 Å². The molecular weight excluding hydrogens is 222 g/mol. The number of amides is 1. The second-order valence-corrected chi connectivity index (χ2v) is 6.46. The molecule has 0 aromatic heterocycles. The van der Waals surface area contributed by atoms with Crippen molar-refractivity contribution in [2.45, 2.75) is 27.2 Å². The van der Waals surface area contributed by atoms with Gasteiger partial charge in [-0.2, -0.15) is 11.8 Å². The molecule has 0 radical (unpaired) electrons. The number of morpholine rings is 1. The van der Waals surface area contributed by atoms with E-state index in [2.05, 4.69) is 20.8 Å². The molecule has 0 atom stereocenters. The van der Waals surface area contributed by atoms with Crippen LogP contribution >= 0.6 is 11.8 Å². The van der Waals surface area contributed by atoms with Crippen molar-refractivity contribution in [3.8, 4) is 0 Å². The molecule has 0 saturated carbocycles. The number of ether oxygens (including phenoxy) is 1. The fourth-order valence-corrected chi connectivity index (χ4v) is 2.70. The average Bonchev–Trinajstić information content (AvgIpc) is 2.24. The number of carbonyl (C=O) groups is 1. The fraction of sp³-hybridized carbons (Fsp3) is 0.917. The van der Waals surface area contributed by atoms with Crippen LogP contribution in [0.2, 0.25) is 0 Å². The summed E-state index contributed by atoms with van der Waals surface area (Å²) in [7, 11) is 0. The second-order valence-electron chi connectivity index (χ2n) is 5.36. The molecule has 0 spiro atoms. The van der Waals surface area contributed by atoms with Crippen LogP contribution in [0.4, 0.5) is 0 Å². The van der Waals surface area contributed by atoms with E-state index in [9.17, 15) is 4.79 Å². The van der Waals surface area contributed by atoms with Gasteiger partial charge in [0.05, 0.1) is 19.0 Å². The van der Waals surface area contributed by atoms with Crippen molar-refractivity contribution < 1.29 is 9.53 Å². The van der Waals surface area contributed by atoms with Crippen molar-refractivity contribution in [2.75, 3.05) is 37.8 Å². The molecule has 94 valence electrons. The third kappa shape index (κ3) is 5.75. The zero-order chi connectivity index (χ0) is 12.0. The van der Waals surface area contributed by atoms with E-state index in [1.807, 2.05) is 4.90 Å². The van der Waals surface area contributed by atoms with Crippen molar-refractivity contribution in [1.82, 2.24) is 4.90 Å². The molecule has 1 saturated heterocycles. The standard InChI is InChI=1S/C12H23NO2S/c1-12(2,3)4-9-16-10-11(14)13-5-7-15-8-6-13/h4-10H2,1-3H3. The molecule has 0 aromatic rings. The van der Waals surface area contributed by atoms with Crippen LogP contribution in [-0.2, 0) is 9.53 Å². The maximum Gasteiger partial charge on any atom is 0.232 e. The molecule has 16 heavy (non-hydrogen) atoms. The first-order valence-corrected chi connectivity index (χ1v) is 7.08. The maximum atomic E-state index is 11.8. The molecule has 0 unspecified atom stereocenters. The van der Waals surface area contributed by atoms with Gasteiger partial charge in [-0.15, -0.1) is 0 Å².